The molecule has 6 heteroatoms. The molecule has 0 atom stereocenters. The number of nitrogens with zero attached hydrogens (tertiary/aromatic N) is 2. The first-order valence-electron chi connectivity index (χ1n) is 6.45. The van der Waals surface area contributed by atoms with Gasteiger partial charge in [-0.25, -0.2) is 4.39 Å². The first-order valence-corrected chi connectivity index (χ1v) is 6.45. The Morgan fingerprint density at radius 1 is 1.47 bits per heavy atom. The Hall–Kier alpha value is -1.53. The van der Waals surface area contributed by atoms with Crippen molar-refractivity contribution in [1.82, 2.24) is 15.2 Å². The number of pyridine rings is 1. The lowest BCUT2D eigenvalue weighted by Crippen LogP contribution is -2.38. The molecule has 1 amide bonds. The highest BCUT2D eigenvalue weighted by molar-refractivity contribution is 5.94. The van der Waals surface area contributed by atoms with E-state index >= 15 is 0 Å². The highest BCUT2D eigenvalue weighted by atomic mass is 19.1. The second kappa shape index (κ2) is 7.16. The van der Waals surface area contributed by atoms with Gasteiger partial charge in [-0.3, -0.25) is 14.7 Å². The van der Waals surface area contributed by atoms with Gasteiger partial charge in [-0.2, -0.15) is 0 Å². The van der Waals surface area contributed by atoms with Crippen LogP contribution in [0.3, 0.4) is 0 Å². The van der Waals surface area contributed by atoms with Crippen LogP contribution in [0.1, 0.15) is 16.8 Å². The van der Waals surface area contributed by atoms with E-state index in [0.717, 1.165) is 45.5 Å². The van der Waals surface area contributed by atoms with Crippen molar-refractivity contribution >= 4 is 5.91 Å². The van der Waals surface area contributed by atoms with Crippen LogP contribution in [0, 0.1) is 5.82 Å². The molecule has 0 saturated carbocycles. The maximum absolute atomic E-state index is 13.3. The average molecular weight is 267 g/mol. The average Bonchev–Trinajstić information content (AvgIpc) is 2.45. The Kier molecular flexibility index (Phi) is 5.23. The third kappa shape index (κ3) is 4.25. The van der Waals surface area contributed by atoms with Crippen molar-refractivity contribution < 1.29 is 13.9 Å². The monoisotopic (exact) mass is 267 g/mol. The summed E-state index contributed by atoms with van der Waals surface area (Å²) in [5.74, 6) is -0.977. The molecular weight excluding hydrogens is 249 g/mol. The Morgan fingerprint density at radius 3 is 3.00 bits per heavy atom. The summed E-state index contributed by atoms with van der Waals surface area (Å²) < 4.78 is 18.6. The summed E-state index contributed by atoms with van der Waals surface area (Å²) in [6.45, 7) is 4.88. The first kappa shape index (κ1) is 13.9. The fourth-order valence-electron chi connectivity index (χ4n) is 1.98. The van der Waals surface area contributed by atoms with Crippen molar-refractivity contribution in [3.8, 4) is 0 Å². The lowest BCUT2D eigenvalue weighted by Gasteiger charge is -2.26. The zero-order valence-electron chi connectivity index (χ0n) is 10.8. The summed E-state index contributed by atoms with van der Waals surface area (Å²) in [5, 5.41) is 2.71. The van der Waals surface area contributed by atoms with Gasteiger partial charge in [0.15, 0.2) is 5.82 Å². The summed E-state index contributed by atoms with van der Waals surface area (Å²) in [6, 6.07) is 1.38. The van der Waals surface area contributed by atoms with Crippen LogP contribution in [-0.2, 0) is 4.74 Å². The van der Waals surface area contributed by atoms with Gasteiger partial charge in [0, 0.05) is 25.8 Å². The van der Waals surface area contributed by atoms with E-state index < -0.39 is 5.82 Å². The minimum Gasteiger partial charge on any atom is -0.379 e. The molecule has 1 aromatic rings. The van der Waals surface area contributed by atoms with Gasteiger partial charge in [-0.15, -0.1) is 0 Å². The summed E-state index contributed by atoms with van der Waals surface area (Å²) in [6.07, 6.45) is 3.30. The van der Waals surface area contributed by atoms with Gasteiger partial charge in [0.05, 0.1) is 25.0 Å². The molecule has 1 aliphatic rings. The summed E-state index contributed by atoms with van der Waals surface area (Å²) in [7, 11) is 0. The molecule has 0 radical (unpaired) electrons. The second-order valence-electron chi connectivity index (χ2n) is 4.42. The summed E-state index contributed by atoms with van der Waals surface area (Å²) >= 11 is 0. The number of hydrogen-bond donors (Lipinski definition) is 1. The standard InChI is InChI=1S/C13H18FN3O2/c14-12-10-15-4-2-11(12)13(18)16-3-1-5-17-6-8-19-9-7-17/h2,4,10H,1,3,5-9H2,(H,16,18). The molecule has 1 saturated heterocycles. The second-order valence-corrected chi connectivity index (χ2v) is 4.42. The van der Waals surface area contributed by atoms with Gasteiger partial charge in [0.25, 0.3) is 5.91 Å². The van der Waals surface area contributed by atoms with Crippen molar-refractivity contribution in [2.24, 2.45) is 0 Å². The van der Waals surface area contributed by atoms with Gasteiger partial charge < -0.3 is 10.1 Å². The number of amides is 1. The predicted octanol–water partition coefficient (Wildman–Crippen LogP) is 0.673. The number of halogens is 1. The third-order valence-corrected chi connectivity index (χ3v) is 3.06. The van der Waals surface area contributed by atoms with Crippen LogP contribution in [0.4, 0.5) is 4.39 Å². The highest BCUT2D eigenvalue weighted by Crippen LogP contribution is 2.04. The molecule has 104 valence electrons. The van der Waals surface area contributed by atoms with Crippen molar-refractivity contribution in [3.05, 3.63) is 29.8 Å². The SMILES string of the molecule is O=C(NCCCN1CCOCC1)c1ccncc1F. The van der Waals surface area contributed by atoms with Gasteiger partial charge in [0.2, 0.25) is 0 Å². The minimum absolute atomic E-state index is 0.0429. The van der Waals surface area contributed by atoms with Crippen LogP contribution in [0.5, 0.6) is 0 Å². The summed E-state index contributed by atoms with van der Waals surface area (Å²) in [5.41, 5.74) is 0.0429. The molecule has 0 aromatic carbocycles. The topological polar surface area (TPSA) is 54.5 Å². The fourth-order valence-corrected chi connectivity index (χ4v) is 1.98. The largest absolute Gasteiger partial charge is 0.379 e. The zero-order chi connectivity index (χ0) is 13.5. The van der Waals surface area contributed by atoms with Crippen molar-refractivity contribution in [2.45, 2.75) is 6.42 Å². The van der Waals surface area contributed by atoms with Crippen molar-refractivity contribution in [3.63, 3.8) is 0 Å². The van der Waals surface area contributed by atoms with Crippen LogP contribution < -0.4 is 5.32 Å². The minimum atomic E-state index is -0.590. The lowest BCUT2D eigenvalue weighted by molar-refractivity contribution is 0.0374. The molecule has 2 heterocycles. The van der Waals surface area contributed by atoms with Crippen LogP contribution in [0.15, 0.2) is 18.5 Å². The van der Waals surface area contributed by atoms with Crippen LogP contribution in [0.25, 0.3) is 0 Å². The van der Waals surface area contributed by atoms with E-state index in [1.54, 1.807) is 0 Å². The van der Waals surface area contributed by atoms with E-state index in [4.69, 9.17) is 4.74 Å². The molecule has 1 aromatic heterocycles. The summed E-state index contributed by atoms with van der Waals surface area (Å²) in [4.78, 5) is 17.6. The van der Waals surface area contributed by atoms with Crippen molar-refractivity contribution in [2.75, 3.05) is 39.4 Å². The maximum atomic E-state index is 13.3. The lowest BCUT2D eigenvalue weighted by atomic mass is 10.2. The molecule has 1 N–H and O–H groups in total. The number of morpholine rings is 1. The van der Waals surface area contributed by atoms with Crippen molar-refractivity contribution in [1.29, 1.82) is 0 Å². The molecular formula is C13H18FN3O2. The van der Waals surface area contributed by atoms with Gasteiger partial charge in [-0.1, -0.05) is 0 Å². The normalized spacial score (nSPS) is 16.3. The number of rotatable bonds is 5. The Morgan fingerprint density at radius 2 is 2.26 bits per heavy atom. The van der Waals surface area contributed by atoms with Gasteiger partial charge in [0.1, 0.15) is 0 Å². The van der Waals surface area contributed by atoms with E-state index in [0.29, 0.717) is 6.54 Å². The molecule has 0 unspecified atom stereocenters. The van der Waals surface area contributed by atoms with E-state index in [9.17, 15) is 9.18 Å². The van der Waals surface area contributed by atoms with E-state index in [1.165, 1.54) is 12.3 Å². The quantitative estimate of drug-likeness (QED) is 0.797. The number of carbonyl (C=O) groups is 1. The number of ether oxygens (including phenoxy) is 1. The Balaban J connectivity index is 1.68. The van der Waals surface area contributed by atoms with Gasteiger partial charge in [-0.05, 0) is 19.0 Å². The number of aromatic nitrogens is 1. The number of nitrogens with one attached hydrogen (secondary N) is 1. The maximum Gasteiger partial charge on any atom is 0.254 e. The van der Waals surface area contributed by atoms with Crippen LogP contribution in [0.2, 0.25) is 0 Å². The van der Waals surface area contributed by atoms with Crippen LogP contribution >= 0.6 is 0 Å². The fraction of sp³-hybridized carbons (Fsp3) is 0.538. The van der Waals surface area contributed by atoms with Gasteiger partial charge >= 0.3 is 0 Å². The number of hydrogen-bond acceptors (Lipinski definition) is 4. The molecule has 2 rings (SSSR count). The molecule has 0 spiro atoms. The molecule has 1 fully saturated rings. The van der Waals surface area contributed by atoms with Crippen LogP contribution in [-0.4, -0.2) is 55.2 Å². The van der Waals surface area contributed by atoms with E-state index in [1.807, 2.05) is 0 Å². The molecule has 0 aliphatic carbocycles. The molecule has 0 bridgehead atoms. The zero-order valence-corrected chi connectivity index (χ0v) is 10.8. The smallest absolute Gasteiger partial charge is 0.254 e. The van der Waals surface area contributed by atoms with E-state index in [2.05, 4.69) is 15.2 Å². The van der Waals surface area contributed by atoms with E-state index in [-0.39, 0.29) is 11.5 Å². The molecule has 1 aliphatic heterocycles. The third-order valence-electron chi connectivity index (χ3n) is 3.06. The molecule has 5 nitrogen and oxygen atoms in total. The predicted molar refractivity (Wildman–Crippen MR) is 68.4 cm³/mol. The first-order chi connectivity index (χ1) is 9.27. The Labute approximate surface area is 111 Å². The number of carbonyl (C=O) groups excluding carboxylic acids is 1. The highest BCUT2D eigenvalue weighted by Gasteiger charge is 2.12. The Bertz CT molecular complexity index is 422. The molecule has 19 heavy (non-hydrogen) atoms.